The molecule has 0 saturated carbocycles. The lowest BCUT2D eigenvalue weighted by Crippen LogP contribution is -2.44. The van der Waals surface area contributed by atoms with E-state index in [4.69, 9.17) is 5.26 Å². The van der Waals surface area contributed by atoms with E-state index in [0.717, 1.165) is 37.6 Å². The second kappa shape index (κ2) is 5.54. The zero-order valence-electron chi connectivity index (χ0n) is 12.3. The molecule has 0 aliphatic carbocycles. The molecular formula is C15H18N6. The van der Waals surface area contributed by atoms with Crippen LogP contribution in [0.1, 0.15) is 11.4 Å². The van der Waals surface area contributed by atoms with Crippen LogP contribution in [-0.4, -0.2) is 53.1 Å². The summed E-state index contributed by atoms with van der Waals surface area (Å²) in [6.45, 7) is 6.14. The van der Waals surface area contributed by atoms with Gasteiger partial charge in [-0.3, -0.25) is 0 Å². The van der Waals surface area contributed by atoms with Gasteiger partial charge < -0.3 is 9.80 Å². The van der Waals surface area contributed by atoms with Crippen molar-refractivity contribution in [3.8, 4) is 11.8 Å². The number of rotatable bonds is 2. The van der Waals surface area contributed by atoms with Crippen LogP contribution in [-0.2, 0) is 0 Å². The topological polar surface area (TPSA) is 61.0 Å². The Morgan fingerprint density at radius 2 is 1.67 bits per heavy atom. The Morgan fingerprint density at radius 3 is 2.24 bits per heavy atom. The number of anilines is 1. The lowest BCUT2D eigenvalue weighted by atomic mass is 10.2. The van der Waals surface area contributed by atoms with Crippen molar-refractivity contribution in [2.75, 3.05) is 38.1 Å². The highest BCUT2D eigenvalue weighted by Gasteiger charge is 2.15. The lowest BCUT2D eigenvalue weighted by Gasteiger charge is -2.34. The normalized spacial score (nSPS) is 16.0. The minimum Gasteiger partial charge on any atom is -0.369 e. The fourth-order valence-electron chi connectivity index (χ4n) is 2.55. The smallest absolute Gasteiger partial charge is 0.186 e. The largest absolute Gasteiger partial charge is 0.369 e. The molecule has 1 aromatic heterocycles. The van der Waals surface area contributed by atoms with Gasteiger partial charge in [-0.15, -0.1) is 5.10 Å². The standard InChI is InChI=1S/C15H18N6/c1-12-15(11-16)17-18-21(12)14-5-3-13(4-6-14)20-9-7-19(2)8-10-20/h3-6H,7-10H2,1-2H3. The Bertz CT molecular complexity index is 658. The number of benzene rings is 1. The Balaban J connectivity index is 1.81. The van der Waals surface area contributed by atoms with Crippen molar-refractivity contribution >= 4 is 5.69 Å². The van der Waals surface area contributed by atoms with E-state index < -0.39 is 0 Å². The molecule has 0 spiro atoms. The second-order valence-electron chi connectivity index (χ2n) is 5.35. The average Bonchev–Trinajstić information content (AvgIpc) is 2.89. The first-order valence-electron chi connectivity index (χ1n) is 7.05. The number of piperazine rings is 1. The number of hydrogen-bond donors (Lipinski definition) is 0. The first kappa shape index (κ1) is 13.6. The van der Waals surface area contributed by atoms with E-state index in [9.17, 15) is 0 Å². The average molecular weight is 282 g/mol. The molecule has 1 aromatic carbocycles. The van der Waals surface area contributed by atoms with Gasteiger partial charge in [-0.1, -0.05) is 5.21 Å². The first-order valence-corrected chi connectivity index (χ1v) is 7.05. The third-order valence-corrected chi connectivity index (χ3v) is 3.96. The summed E-state index contributed by atoms with van der Waals surface area (Å²) in [4.78, 5) is 4.73. The lowest BCUT2D eigenvalue weighted by molar-refractivity contribution is 0.313. The summed E-state index contributed by atoms with van der Waals surface area (Å²) in [5.74, 6) is 0. The molecule has 2 aromatic rings. The Hall–Kier alpha value is -2.39. The second-order valence-corrected chi connectivity index (χ2v) is 5.35. The van der Waals surface area contributed by atoms with Crippen molar-refractivity contribution in [3.63, 3.8) is 0 Å². The van der Waals surface area contributed by atoms with Crippen LogP contribution in [0.5, 0.6) is 0 Å². The molecule has 0 unspecified atom stereocenters. The molecule has 1 aliphatic rings. The Labute approximate surface area is 124 Å². The molecule has 0 radical (unpaired) electrons. The molecule has 0 amide bonds. The van der Waals surface area contributed by atoms with E-state index in [1.54, 1.807) is 4.68 Å². The molecule has 1 fully saturated rings. The molecule has 3 rings (SSSR count). The summed E-state index contributed by atoms with van der Waals surface area (Å²) >= 11 is 0. The highest BCUT2D eigenvalue weighted by atomic mass is 15.4. The molecule has 1 aliphatic heterocycles. The molecule has 2 heterocycles. The monoisotopic (exact) mass is 282 g/mol. The van der Waals surface area contributed by atoms with Crippen molar-refractivity contribution in [1.29, 1.82) is 5.26 Å². The van der Waals surface area contributed by atoms with Crippen molar-refractivity contribution in [2.24, 2.45) is 0 Å². The molecule has 0 bridgehead atoms. The van der Waals surface area contributed by atoms with Crippen LogP contribution in [0.3, 0.4) is 0 Å². The first-order chi connectivity index (χ1) is 10.2. The van der Waals surface area contributed by atoms with Gasteiger partial charge in [-0.2, -0.15) is 5.26 Å². The van der Waals surface area contributed by atoms with Crippen molar-refractivity contribution in [3.05, 3.63) is 35.7 Å². The Morgan fingerprint density at radius 1 is 1.05 bits per heavy atom. The summed E-state index contributed by atoms with van der Waals surface area (Å²) in [6, 6.07) is 10.3. The number of aromatic nitrogens is 3. The fraction of sp³-hybridized carbons (Fsp3) is 0.400. The quantitative estimate of drug-likeness (QED) is 0.828. The van der Waals surface area contributed by atoms with Crippen LogP contribution < -0.4 is 4.90 Å². The zero-order valence-corrected chi connectivity index (χ0v) is 12.3. The molecule has 1 saturated heterocycles. The van der Waals surface area contributed by atoms with Crippen LogP contribution >= 0.6 is 0 Å². The van der Waals surface area contributed by atoms with E-state index in [-0.39, 0.29) is 0 Å². The summed E-state index contributed by atoms with van der Waals surface area (Å²) < 4.78 is 1.70. The summed E-state index contributed by atoms with van der Waals surface area (Å²) in [7, 11) is 2.15. The predicted molar refractivity (Wildman–Crippen MR) is 80.5 cm³/mol. The molecular weight excluding hydrogens is 264 g/mol. The summed E-state index contributed by atoms with van der Waals surface area (Å²) in [6.07, 6.45) is 0. The minimum absolute atomic E-state index is 0.373. The van der Waals surface area contributed by atoms with E-state index in [0.29, 0.717) is 5.69 Å². The third kappa shape index (κ3) is 2.60. The maximum atomic E-state index is 8.94. The van der Waals surface area contributed by atoms with E-state index in [1.165, 1.54) is 5.69 Å². The molecule has 108 valence electrons. The van der Waals surface area contributed by atoms with E-state index >= 15 is 0 Å². The predicted octanol–water partition coefficient (Wildman–Crippen LogP) is 1.20. The maximum absolute atomic E-state index is 8.94. The van der Waals surface area contributed by atoms with Gasteiger partial charge >= 0.3 is 0 Å². The van der Waals surface area contributed by atoms with Crippen molar-refractivity contribution in [1.82, 2.24) is 19.9 Å². The van der Waals surface area contributed by atoms with Crippen molar-refractivity contribution < 1.29 is 0 Å². The molecule has 6 heteroatoms. The Kier molecular flexibility index (Phi) is 3.59. The van der Waals surface area contributed by atoms with Gasteiger partial charge in [0.15, 0.2) is 5.69 Å². The van der Waals surface area contributed by atoms with E-state index in [2.05, 4.69) is 39.3 Å². The van der Waals surface area contributed by atoms with Gasteiger partial charge in [0.25, 0.3) is 0 Å². The van der Waals surface area contributed by atoms with Gasteiger partial charge in [0.1, 0.15) is 6.07 Å². The number of likely N-dealkylation sites (N-methyl/N-ethyl adjacent to an activating group) is 1. The summed E-state index contributed by atoms with van der Waals surface area (Å²) in [5.41, 5.74) is 3.30. The molecule has 6 nitrogen and oxygen atoms in total. The zero-order chi connectivity index (χ0) is 14.8. The SMILES string of the molecule is Cc1c(C#N)nnn1-c1ccc(N2CCN(C)CC2)cc1. The molecule has 0 N–H and O–H groups in total. The highest BCUT2D eigenvalue weighted by Crippen LogP contribution is 2.19. The van der Waals surface area contributed by atoms with E-state index in [1.807, 2.05) is 25.1 Å². The van der Waals surface area contributed by atoms with Crippen LogP contribution in [0.4, 0.5) is 5.69 Å². The highest BCUT2D eigenvalue weighted by molar-refractivity contribution is 5.51. The van der Waals surface area contributed by atoms with Gasteiger partial charge in [-0.25, -0.2) is 4.68 Å². The summed E-state index contributed by atoms with van der Waals surface area (Å²) in [5, 5.41) is 16.8. The van der Waals surface area contributed by atoms with Gasteiger partial charge in [-0.05, 0) is 38.2 Å². The molecule has 21 heavy (non-hydrogen) atoms. The number of hydrogen-bond acceptors (Lipinski definition) is 5. The van der Waals surface area contributed by atoms with Crippen LogP contribution in [0.25, 0.3) is 5.69 Å². The van der Waals surface area contributed by atoms with Gasteiger partial charge in [0.2, 0.25) is 0 Å². The fourth-order valence-corrected chi connectivity index (χ4v) is 2.55. The maximum Gasteiger partial charge on any atom is 0.186 e. The van der Waals surface area contributed by atoms with Gasteiger partial charge in [0.05, 0.1) is 11.4 Å². The number of nitriles is 1. The van der Waals surface area contributed by atoms with Crippen LogP contribution in [0, 0.1) is 18.3 Å². The van der Waals surface area contributed by atoms with Crippen LogP contribution in [0.15, 0.2) is 24.3 Å². The van der Waals surface area contributed by atoms with Crippen LogP contribution in [0.2, 0.25) is 0 Å². The minimum atomic E-state index is 0.373. The number of nitrogens with zero attached hydrogens (tertiary/aromatic N) is 6. The molecule has 0 atom stereocenters. The third-order valence-electron chi connectivity index (χ3n) is 3.96. The van der Waals surface area contributed by atoms with Gasteiger partial charge in [0, 0.05) is 31.9 Å². The van der Waals surface area contributed by atoms with Crippen molar-refractivity contribution in [2.45, 2.75) is 6.92 Å².